The van der Waals surface area contributed by atoms with E-state index in [1.807, 2.05) is 38.1 Å². The second-order valence-electron chi connectivity index (χ2n) is 7.41. The van der Waals surface area contributed by atoms with Gasteiger partial charge in [-0.15, -0.1) is 0 Å². The van der Waals surface area contributed by atoms with E-state index in [1.54, 1.807) is 0 Å². The lowest BCUT2D eigenvalue weighted by molar-refractivity contribution is -0.138. The first-order valence-electron chi connectivity index (χ1n) is 9.62. The highest BCUT2D eigenvalue weighted by molar-refractivity contribution is 7.91. The predicted molar refractivity (Wildman–Crippen MR) is 110 cm³/mol. The van der Waals surface area contributed by atoms with Crippen molar-refractivity contribution in [2.75, 3.05) is 18.1 Å². The van der Waals surface area contributed by atoms with E-state index in [9.17, 15) is 23.1 Å². The fourth-order valence-electron chi connectivity index (χ4n) is 3.67. The van der Waals surface area contributed by atoms with Crippen LogP contribution in [0.3, 0.4) is 0 Å². The summed E-state index contributed by atoms with van der Waals surface area (Å²) >= 11 is 0. The minimum atomic E-state index is -3.15. The second kappa shape index (κ2) is 8.41. The van der Waals surface area contributed by atoms with Gasteiger partial charge in [-0.1, -0.05) is 31.2 Å². The highest BCUT2D eigenvalue weighted by atomic mass is 32.2. The summed E-state index contributed by atoms with van der Waals surface area (Å²) in [5.74, 6) is -1.47. The van der Waals surface area contributed by atoms with Crippen molar-refractivity contribution in [2.45, 2.75) is 38.8 Å². The Balaban J connectivity index is 1.72. The van der Waals surface area contributed by atoms with Gasteiger partial charge in [0.05, 0.1) is 11.5 Å². The molecular formula is C21H25NO6S. The monoisotopic (exact) mass is 419 g/mol. The van der Waals surface area contributed by atoms with Gasteiger partial charge in [0.1, 0.15) is 11.3 Å². The number of phenols is 1. The summed E-state index contributed by atoms with van der Waals surface area (Å²) in [6.45, 7) is 3.25. The van der Waals surface area contributed by atoms with Crippen LogP contribution < -0.4 is 0 Å². The number of carbonyl (C=O) groups is 2. The standard InChI is InChI=1S/C21H25NO6S/c1-3-14(2)22(17-8-9-29(26,27)13-17)20(24)12-28-21(25)18-10-15-6-4-5-7-16(15)11-19(18)23/h4-7,10-11,14,17,23H,3,8-9,12-13H2,1-2H3. The summed E-state index contributed by atoms with van der Waals surface area (Å²) in [4.78, 5) is 26.7. The molecule has 7 nitrogen and oxygen atoms in total. The number of phenolic OH excluding ortho intramolecular Hbond substituents is 1. The van der Waals surface area contributed by atoms with Gasteiger partial charge in [0.2, 0.25) is 0 Å². The van der Waals surface area contributed by atoms with Gasteiger partial charge in [-0.25, -0.2) is 13.2 Å². The van der Waals surface area contributed by atoms with Gasteiger partial charge in [-0.05, 0) is 42.7 Å². The normalized spacial score (nSPS) is 19.0. The quantitative estimate of drug-likeness (QED) is 0.722. The molecule has 3 rings (SSSR count). The second-order valence-corrected chi connectivity index (χ2v) is 9.64. The zero-order valence-corrected chi connectivity index (χ0v) is 17.3. The molecule has 1 aliphatic rings. The van der Waals surface area contributed by atoms with Crippen molar-refractivity contribution >= 4 is 32.5 Å². The third-order valence-electron chi connectivity index (χ3n) is 5.37. The number of sulfone groups is 1. The smallest absolute Gasteiger partial charge is 0.342 e. The predicted octanol–water partition coefficient (Wildman–Crippen LogP) is 2.52. The van der Waals surface area contributed by atoms with Crippen LogP contribution in [0.15, 0.2) is 36.4 Å². The highest BCUT2D eigenvalue weighted by Gasteiger charge is 2.36. The Morgan fingerprint density at radius 1 is 1.24 bits per heavy atom. The summed E-state index contributed by atoms with van der Waals surface area (Å²) in [7, 11) is -3.15. The Hall–Kier alpha value is -2.61. The number of hydrogen-bond acceptors (Lipinski definition) is 6. The number of carbonyl (C=O) groups excluding carboxylic acids is 2. The fraction of sp³-hybridized carbons (Fsp3) is 0.429. The Labute approximate surface area is 170 Å². The molecule has 1 heterocycles. The first-order valence-corrected chi connectivity index (χ1v) is 11.4. The Bertz CT molecular complexity index is 1030. The lowest BCUT2D eigenvalue weighted by atomic mass is 10.1. The molecular weight excluding hydrogens is 394 g/mol. The first-order chi connectivity index (χ1) is 13.7. The van der Waals surface area contributed by atoms with Gasteiger partial charge in [-0.3, -0.25) is 4.79 Å². The largest absolute Gasteiger partial charge is 0.507 e. The average Bonchev–Trinajstić information content (AvgIpc) is 3.04. The van der Waals surface area contributed by atoms with E-state index in [-0.39, 0.29) is 28.9 Å². The molecule has 0 aromatic heterocycles. The molecule has 0 aliphatic carbocycles. The van der Waals surface area contributed by atoms with Crippen molar-refractivity contribution in [1.82, 2.24) is 4.90 Å². The van der Waals surface area contributed by atoms with Crippen LogP contribution in [0, 0.1) is 0 Å². The molecule has 1 fully saturated rings. The maximum Gasteiger partial charge on any atom is 0.342 e. The number of benzene rings is 2. The number of hydrogen-bond donors (Lipinski definition) is 1. The Morgan fingerprint density at radius 2 is 1.90 bits per heavy atom. The van der Waals surface area contributed by atoms with Crippen LogP contribution in [0.4, 0.5) is 0 Å². The zero-order chi connectivity index (χ0) is 21.2. The summed E-state index contributed by atoms with van der Waals surface area (Å²) < 4.78 is 28.8. The van der Waals surface area contributed by atoms with Crippen LogP contribution in [0.2, 0.25) is 0 Å². The SMILES string of the molecule is CCC(C)N(C(=O)COC(=O)c1cc2ccccc2cc1O)C1CCS(=O)(=O)C1. The molecule has 29 heavy (non-hydrogen) atoms. The third kappa shape index (κ3) is 4.70. The molecule has 2 unspecified atom stereocenters. The maximum atomic E-state index is 12.8. The molecule has 1 amide bonds. The summed E-state index contributed by atoms with van der Waals surface area (Å²) in [6, 6.07) is 9.68. The molecule has 1 aliphatic heterocycles. The molecule has 0 radical (unpaired) electrons. The van der Waals surface area contributed by atoms with Crippen LogP contribution >= 0.6 is 0 Å². The summed E-state index contributed by atoms with van der Waals surface area (Å²) in [5, 5.41) is 11.7. The van der Waals surface area contributed by atoms with Crippen LogP contribution in [-0.2, 0) is 19.4 Å². The number of ether oxygens (including phenoxy) is 1. The van der Waals surface area contributed by atoms with Crippen molar-refractivity contribution < 1.29 is 27.9 Å². The number of nitrogens with zero attached hydrogens (tertiary/aromatic N) is 1. The highest BCUT2D eigenvalue weighted by Crippen LogP contribution is 2.26. The minimum Gasteiger partial charge on any atom is -0.507 e. The van der Waals surface area contributed by atoms with Crippen LogP contribution in [0.5, 0.6) is 5.75 Å². The molecule has 8 heteroatoms. The molecule has 0 spiro atoms. The molecule has 0 bridgehead atoms. The molecule has 1 N–H and O–H groups in total. The lowest BCUT2D eigenvalue weighted by Gasteiger charge is -2.33. The van der Waals surface area contributed by atoms with Gasteiger partial charge >= 0.3 is 5.97 Å². The Kier molecular flexibility index (Phi) is 6.12. The third-order valence-corrected chi connectivity index (χ3v) is 7.12. The molecule has 1 saturated heterocycles. The fourth-order valence-corrected chi connectivity index (χ4v) is 5.38. The average molecular weight is 419 g/mol. The van der Waals surface area contributed by atoms with E-state index >= 15 is 0 Å². The molecule has 2 aromatic carbocycles. The van der Waals surface area contributed by atoms with Gasteiger partial charge in [0.15, 0.2) is 16.4 Å². The summed E-state index contributed by atoms with van der Waals surface area (Å²) in [6.07, 6.45) is 1.04. The number of rotatable bonds is 6. The van der Waals surface area contributed by atoms with E-state index in [1.165, 1.54) is 17.0 Å². The number of aromatic hydroxyl groups is 1. The van der Waals surface area contributed by atoms with Crippen molar-refractivity contribution in [3.63, 3.8) is 0 Å². The van der Waals surface area contributed by atoms with Gasteiger partial charge < -0.3 is 14.7 Å². The topological polar surface area (TPSA) is 101 Å². The van der Waals surface area contributed by atoms with E-state index in [2.05, 4.69) is 0 Å². The first kappa shape index (κ1) is 21.1. The van der Waals surface area contributed by atoms with Crippen LogP contribution in [-0.4, -0.2) is 60.5 Å². The van der Waals surface area contributed by atoms with Gasteiger partial charge in [0.25, 0.3) is 5.91 Å². The lowest BCUT2D eigenvalue weighted by Crippen LogP contribution is -2.48. The van der Waals surface area contributed by atoms with Crippen molar-refractivity contribution in [1.29, 1.82) is 0 Å². The zero-order valence-electron chi connectivity index (χ0n) is 16.5. The van der Waals surface area contributed by atoms with Gasteiger partial charge in [0, 0.05) is 12.1 Å². The molecule has 2 atom stereocenters. The molecule has 2 aromatic rings. The van der Waals surface area contributed by atoms with Gasteiger partial charge in [-0.2, -0.15) is 0 Å². The molecule has 156 valence electrons. The van der Waals surface area contributed by atoms with Crippen LogP contribution in [0.25, 0.3) is 10.8 Å². The van der Waals surface area contributed by atoms with Crippen LogP contribution in [0.1, 0.15) is 37.0 Å². The van der Waals surface area contributed by atoms with E-state index in [4.69, 9.17) is 4.74 Å². The van der Waals surface area contributed by atoms with Crippen molar-refractivity contribution in [3.8, 4) is 5.75 Å². The number of amides is 1. The maximum absolute atomic E-state index is 12.8. The minimum absolute atomic E-state index is 0.0185. The van der Waals surface area contributed by atoms with E-state index < -0.39 is 34.4 Å². The van der Waals surface area contributed by atoms with E-state index in [0.29, 0.717) is 12.8 Å². The van der Waals surface area contributed by atoms with Crippen molar-refractivity contribution in [2.24, 2.45) is 0 Å². The summed E-state index contributed by atoms with van der Waals surface area (Å²) in [5.41, 5.74) is -0.0185. The Morgan fingerprint density at radius 3 is 2.48 bits per heavy atom. The van der Waals surface area contributed by atoms with E-state index in [0.717, 1.165) is 10.8 Å². The number of fused-ring (bicyclic) bond motifs is 1. The molecule has 0 saturated carbocycles. The number of esters is 1. The van der Waals surface area contributed by atoms with Crippen molar-refractivity contribution in [3.05, 3.63) is 42.0 Å².